The molecular formula is C26H26N4O4S. The first-order chi connectivity index (χ1) is 16.8. The molecule has 0 saturated heterocycles. The highest BCUT2D eigenvalue weighted by Gasteiger charge is 2.24. The van der Waals surface area contributed by atoms with Crippen molar-refractivity contribution in [2.45, 2.75) is 32.1 Å². The van der Waals surface area contributed by atoms with Crippen molar-refractivity contribution in [2.24, 2.45) is 0 Å². The standard InChI is InChI=1S/C26H26N4O4S/c1-4-30(22-8-6-5-7-9-22)35(32,33)23-14-12-21(13-15-23)25(31)27-26-29-28-24(34-26)17-20-11-10-18(2)19(3)16-20/h5-16H,4,17H2,1-3H3,(H,27,29,31). The number of aromatic nitrogens is 2. The van der Waals surface area contributed by atoms with Crippen molar-refractivity contribution in [1.29, 1.82) is 0 Å². The Kier molecular flexibility index (Phi) is 6.97. The first kappa shape index (κ1) is 24.2. The smallest absolute Gasteiger partial charge is 0.322 e. The second-order valence-corrected chi connectivity index (χ2v) is 9.94. The molecule has 8 nitrogen and oxygen atoms in total. The van der Waals surface area contributed by atoms with E-state index in [-0.39, 0.29) is 23.0 Å². The Balaban J connectivity index is 1.44. The Morgan fingerprint density at radius 1 is 0.943 bits per heavy atom. The van der Waals surface area contributed by atoms with Gasteiger partial charge in [-0.2, -0.15) is 0 Å². The van der Waals surface area contributed by atoms with Crippen LogP contribution >= 0.6 is 0 Å². The van der Waals surface area contributed by atoms with Crippen LogP contribution in [-0.2, 0) is 16.4 Å². The third kappa shape index (κ3) is 5.41. The molecule has 35 heavy (non-hydrogen) atoms. The fourth-order valence-corrected chi connectivity index (χ4v) is 5.10. The van der Waals surface area contributed by atoms with Crippen molar-refractivity contribution in [2.75, 3.05) is 16.2 Å². The van der Waals surface area contributed by atoms with Gasteiger partial charge in [0.25, 0.3) is 15.9 Å². The Morgan fingerprint density at radius 2 is 1.66 bits per heavy atom. The Morgan fingerprint density at radius 3 is 2.31 bits per heavy atom. The number of sulfonamides is 1. The minimum atomic E-state index is -3.78. The molecule has 1 heterocycles. The normalized spacial score (nSPS) is 11.3. The van der Waals surface area contributed by atoms with Crippen LogP contribution in [0, 0.1) is 13.8 Å². The van der Waals surface area contributed by atoms with Crippen LogP contribution in [0.2, 0.25) is 0 Å². The summed E-state index contributed by atoms with van der Waals surface area (Å²) in [7, 11) is -3.78. The number of benzene rings is 3. The van der Waals surface area contributed by atoms with Gasteiger partial charge in [-0.15, -0.1) is 5.10 Å². The van der Waals surface area contributed by atoms with E-state index in [1.165, 1.54) is 39.7 Å². The van der Waals surface area contributed by atoms with Crippen LogP contribution in [0.5, 0.6) is 0 Å². The maximum absolute atomic E-state index is 13.1. The van der Waals surface area contributed by atoms with Crippen LogP contribution in [0.4, 0.5) is 11.7 Å². The zero-order valence-electron chi connectivity index (χ0n) is 19.7. The summed E-state index contributed by atoms with van der Waals surface area (Å²) >= 11 is 0. The van der Waals surface area contributed by atoms with Crippen LogP contribution in [0.1, 0.15) is 39.9 Å². The highest BCUT2D eigenvalue weighted by atomic mass is 32.2. The number of aryl methyl sites for hydroxylation is 2. The summed E-state index contributed by atoms with van der Waals surface area (Å²) in [5.74, 6) is -0.101. The van der Waals surface area contributed by atoms with E-state index in [0.29, 0.717) is 18.0 Å². The highest BCUT2D eigenvalue weighted by Crippen LogP contribution is 2.24. The van der Waals surface area contributed by atoms with Crippen LogP contribution in [0.3, 0.4) is 0 Å². The van der Waals surface area contributed by atoms with E-state index in [9.17, 15) is 13.2 Å². The summed E-state index contributed by atoms with van der Waals surface area (Å²) in [6.45, 7) is 6.13. The summed E-state index contributed by atoms with van der Waals surface area (Å²) < 4.78 is 33.1. The summed E-state index contributed by atoms with van der Waals surface area (Å²) in [4.78, 5) is 12.7. The molecule has 9 heteroatoms. The lowest BCUT2D eigenvalue weighted by molar-refractivity contribution is 0.102. The van der Waals surface area contributed by atoms with Crippen molar-refractivity contribution in [1.82, 2.24) is 10.2 Å². The van der Waals surface area contributed by atoms with Gasteiger partial charge in [0.15, 0.2) is 0 Å². The van der Waals surface area contributed by atoms with E-state index in [2.05, 4.69) is 21.6 Å². The number of hydrogen-bond donors (Lipinski definition) is 1. The number of rotatable bonds is 8. The fraction of sp³-hybridized carbons (Fsp3) is 0.192. The Hall–Kier alpha value is -3.98. The molecule has 0 aliphatic rings. The topological polar surface area (TPSA) is 105 Å². The summed E-state index contributed by atoms with van der Waals surface area (Å²) in [5.41, 5.74) is 4.24. The summed E-state index contributed by atoms with van der Waals surface area (Å²) in [6, 6.07) is 20.7. The second kappa shape index (κ2) is 10.1. The first-order valence-electron chi connectivity index (χ1n) is 11.2. The molecule has 4 aromatic rings. The van der Waals surface area contributed by atoms with Crippen LogP contribution < -0.4 is 9.62 Å². The molecule has 0 aliphatic heterocycles. The predicted molar refractivity (Wildman–Crippen MR) is 134 cm³/mol. The SMILES string of the molecule is CCN(c1ccccc1)S(=O)(=O)c1ccc(C(=O)Nc2nnc(Cc3ccc(C)c(C)c3)o2)cc1. The van der Waals surface area contributed by atoms with Gasteiger partial charge in [0.2, 0.25) is 5.89 Å². The van der Waals surface area contributed by atoms with E-state index < -0.39 is 15.9 Å². The zero-order chi connectivity index (χ0) is 25.0. The second-order valence-electron chi connectivity index (χ2n) is 8.08. The number of amides is 1. The molecule has 180 valence electrons. The highest BCUT2D eigenvalue weighted by molar-refractivity contribution is 7.92. The first-order valence-corrected chi connectivity index (χ1v) is 12.6. The van der Waals surface area contributed by atoms with Crippen molar-refractivity contribution in [3.63, 3.8) is 0 Å². The van der Waals surface area contributed by atoms with Crippen molar-refractivity contribution in [3.05, 3.63) is 101 Å². The van der Waals surface area contributed by atoms with Gasteiger partial charge in [-0.25, -0.2) is 8.42 Å². The number of carbonyl (C=O) groups is 1. The lowest BCUT2D eigenvalue weighted by Crippen LogP contribution is -2.30. The molecule has 1 N–H and O–H groups in total. The summed E-state index contributed by atoms with van der Waals surface area (Å²) in [5, 5.41) is 10.5. The maximum Gasteiger partial charge on any atom is 0.322 e. The number of anilines is 2. The molecule has 0 fully saturated rings. The Labute approximate surface area is 204 Å². The number of carbonyl (C=O) groups excluding carboxylic acids is 1. The van der Waals surface area contributed by atoms with Crippen LogP contribution in [0.25, 0.3) is 0 Å². The van der Waals surface area contributed by atoms with Crippen LogP contribution in [0.15, 0.2) is 82.1 Å². The van der Waals surface area contributed by atoms with E-state index in [1.54, 1.807) is 31.2 Å². The van der Waals surface area contributed by atoms with Gasteiger partial charge in [-0.05, 0) is 73.9 Å². The lowest BCUT2D eigenvalue weighted by Gasteiger charge is -2.22. The number of hydrogen-bond acceptors (Lipinski definition) is 6. The average molecular weight is 491 g/mol. The van der Waals surface area contributed by atoms with E-state index in [1.807, 2.05) is 32.0 Å². The largest absolute Gasteiger partial charge is 0.407 e. The molecule has 0 atom stereocenters. The molecule has 4 rings (SSSR count). The molecule has 0 saturated carbocycles. The molecule has 1 aromatic heterocycles. The van der Waals surface area contributed by atoms with E-state index in [4.69, 9.17) is 4.42 Å². The van der Waals surface area contributed by atoms with Crippen molar-refractivity contribution in [3.8, 4) is 0 Å². The molecule has 0 spiro atoms. The minimum absolute atomic E-state index is 0.0215. The Bertz CT molecular complexity index is 1430. The number of nitrogens with one attached hydrogen (secondary N) is 1. The average Bonchev–Trinajstić information content (AvgIpc) is 3.29. The van der Waals surface area contributed by atoms with Gasteiger partial charge >= 0.3 is 6.01 Å². The maximum atomic E-state index is 13.1. The quantitative estimate of drug-likeness (QED) is 0.382. The fourth-order valence-electron chi connectivity index (χ4n) is 3.62. The van der Waals surface area contributed by atoms with Gasteiger partial charge < -0.3 is 4.42 Å². The van der Waals surface area contributed by atoms with Gasteiger partial charge in [0.1, 0.15) is 0 Å². The molecule has 0 bridgehead atoms. The van der Waals surface area contributed by atoms with Crippen molar-refractivity contribution < 1.29 is 17.6 Å². The zero-order valence-corrected chi connectivity index (χ0v) is 20.5. The third-order valence-electron chi connectivity index (χ3n) is 5.65. The summed E-state index contributed by atoms with van der Waals surface area (Å²) in [6.07, 6.45) is 0.450. The predicted octanol–water partition coefficient (Wildman–Crippen LogP) is 4.74. The molecular weight excluding hydrogens is 464 g/mol. The van der Waals surface area contributed by atoms with Crippen molar-refractivity contribution >= 4 is 27.6 Å². The lowest BCUT2D eigenvalue weighted by atomic mass is 10.0. The van der Waals surface area contributed by atoms with Crippen LogP contribution in [-0.4, -0.2) is 31.1 Å². The van der Waals surface area contributed by atoms with Gasteiger partial charge in [0, 0.05) is 12.1 Å². The molecule has 0 aliphatic carbocycles. The number of nitrogens with zero attached hydrogens (tertiary/aromatic N) is 3. The molecule has 0 radical (unpaired) electrons. The molecule has 3 aromatic carbocycles. The van der Waals surface area contributed by atoms with Gasteiger partial charge in [0.05, 0.1) is 17.0 Å². The van der Waals surface area contributed by atoms with E-state index in [0.717, 1.165) is 5.56 Å². The molecule has 0 unspecified atom stereocenters. The monoisotopic (exact) mass is 490 g/mol. The molecule has 1 amide bonds. The van der Waals surface area contributed by atoms with Gasteiger partial charge in [-0.3, -0.25) is 14.4 Å². The van der Waals surface area contributed by atoms with Gasteiger partial charge in [-0.1, -0.05) is 41.5 Å². The third-order valence-corrected chi connectivity index (χ3v) is 7.57. The minimum Gasteiger partial charge on any atom is -0.407 e. The van der Waals surface area contributed by atoms with E-state index >= 15 is 0 Å². The number of para-hydroxylation sites is 1.